The summed E-state index contributed by atoms with van der Waals surface area (Å²) in [5.41, 5.74) is 1.30. The van der Waals surface area contributed by atoms with Gasteiger partial charge in [0.1, 0.15) is 0 Å². The van der Waals surface area contributed by atoms with Gasteiger partial charge in [0, 0.05) is 26.6 Å². The topological polar surface area (TPSA) is 78.4 Å². The lowest BCUT2D eigenvalue weighted by Crippen LogP contribution is -2.29. The molecule has 0 unspecified atom stereocenters. The van der Waals surface area contributed by atoms with Crippen LogP contribution in [-0.4, -0.2) is 30.1 Å². The van der Waals surface area contributed by atoms with E-state index in [1.807, 2.05) is 0 Å². The van der Waals surface area contributed by atoms with Crippen LogP contribution in [-0.2, 0) is 11.3 Å². The number of benzene rings is 1. The monoisotopic (exact) mass is 236 g/mol. The van der Waals surface area contributed by atoms with E-state index in [1.165, 1.54) is 6.92 Å². The summed E-state index contributed by atoms with van der Waals surface area (Å²) in [5.74, 6) is -0.965. The molecule has 0 fully saturated rings. The van der Waals surface area contributed by atoms with Crippen LogP contribution >= 0.6 is 0 Å². The Labute approximate surface area is 99.8 Å². The number of carboxylic acid groups (broad SMARTS) is 1. The van der Waals surface area contributed by atoms with Gasteiger partial charge >= 0.3 is 5.97 Å². The third kappa shape index (κ3) is 5.12. The van der Waals surface area contributed by atoms with Gasteiger partial charge in [0.2, 0.25) is 5.91 Å². The van der Waals surface area contributed by atoms with Crippen molar-refractivity contribution in [1.82, 2.24) is 10.6 Å². The largest absolute Gasteiger partial charge is 0.478 e. The van der Waals surface area contributed by atoms with Crippen molar-refractivity contribution in [2.24, 2.45) is 0 Å². The molecule has 0 aliphatic carbocycles. The Bertz CT molecular complexity index is 387. The maximum atomic E-state index is 10.6. The van der Waals surface area contributed by atoms with Gasteiger partial charge in [0.25, 0.3) is 0 Å². The molecular weight excluding hydrogens is 220 g/mol. The quantitative estimate of drug-likeness (QED) is 0.632. The molecule has 1 amide bonds. The Morgan fingerprint density at radius 3 is 2.35 bits per heavy atom. The average molecular weight is 236 g/mol. The maximum Gasteiger partial charge on any atom is 0.335 e. The lowest BCUT2D eigenvalue weighted by atomic mass is 10.1. The second-order valence-electron chi connectivity index (χ2n) is 3.66. The third-order valence-corrected chi connectivity index (χ3v) is 2.21. The van der Waals surface area contributed by atoms with Gasteiger partial charge in [0.05, 0.1) is 5.56 Å². The number of hydrogen-bond donors (Lipinski definition) is 3. The van der Waals surface area contributed by atoms with E-state index in [9.17, 15) is 9.59 Å². The van der Waals surface area contributed by atoms with Crippen LogP contribution in [0.5, 0.6) is 0 Å². The molecule has 1 aromatic rings. The molecule has 5 nitrogen and oxygen atoms in total. The minimum atomic E-state index is -0.921. The molecule has 0 spiro atoms. The number of carboxylic acids is 1. The zero-order chi connectivity index (χ0) is 12.7. The lowest BCUT2D eigenvalue weighted by Gasteiger charge is -2.05. The highest BCUT2D eigenvalue weighted by molar-refractivity contribution is 5.87. The van der Waals surface area contributed by atoms with Crippen LogP contribution in [0.25, 0.3) is 0 Å². The van der Waals surface area contributed by atoms with Gasteiger partial charge in [-0.1, -0.05) is 12.1 Å². The summed E-state index contributed by atoms with van der Waals surface area (Å²) >= 11 is 0. The van der Waals surface area contributed by atoms with Crippen molar-refractivity contribution in [3.05, 3.63) is 35.4 Å². The molecule has 0 bridgehead atoms. The number of amides is 1. The molecule has 0 aromatic heterocycles. The maximum absolute atomic E-state index is 10.6. The predicted octanol–water partition coefficient (Wildman–Crippen LogP) is 0.610. The van der Waals surface area contributed by atoms with Gasteiger partial charge in [-0.05, 0) is 17.7 Å². The summed E-state index contributed by atoms with van der Waals surface area (Å²) < 4.78 is 0. The molecule has 0 saturated heterocycles. The van der Waals surface area contributed by atoms with Crippen LogP contribution in [0, 0.1) is 0 Å². The fourth-order valence-corrected chi connectivity index (χ4v) is 1.32. The van der Waals surface area contributed by atoms with Crippen LogP contribution in [0.3, 0.4) is 0 Å². The summed E-state index contributed by atoms with van der Waals surface area (Å²) in [6.07, 6.45) is 0. The van der Waals surface area contributed by atoms with E-state index in [1.54, 1.807) is 24.3 Å². The van der Waals surface area contributed by atoms with E-state index in [0.717, 1.165) is 5.56 Å². The molecule has 17 heavy (non-hydrogen) atoms. The van der Waals surface area contributed by atoms with E-state index in [4.69, 9.17) is 5.11 Å². The lowest BCUT2D eigenvalue weighted by molar-refractivity contribution is -0.118. The molecule has 0 atom stereocenters. The molecule has 0 heterocycles. The zero-order valence-electron chi connectivity index (χ0n) is 9.69. The normalized spacial score (nSPS) is 9.94. The fourth-order valence-electron chi connectivity index (χ4n) is 1.32. The Morgan fingerprint density at radius 2 is 1.82 bits per heavy atom. The highest BCUT2D eigenvalue weighted by atomic mass is 16.4. The van der Waals surface area contributed by atoms with Crippen molar-refractivity contribution in [1.29, 1.82) is 0 Å². The highest BCUT2D eigenvalue weighted by Gasteiger charge is 2.01. The molecule has 1 aromatic carbocycles. The van der Waals surface area contributed by atoms with E-state index < -0.39 is 5.97 Å². The fraction of sp³-hybridized carbons (Fsp3) is 0.333. The molecule has 0 aliphatic rings. The smallest absolute Gasteiger partial charge is 0.335 e. The van der Waals surface area contributed by atoms with Crippen molar-refractivity contribution in [3.63, 3.8) is 0 Å². The number of carbonyl (C=O) groups excluding carboxylic acids is 1. The van der Waals surface area contributed by atoms with Gasteiger partial charge in [0.15, 0.2) is 0 Å². The summed E-state index contributed by atoms with van der Waals surface area (Å²) in [7, 11) is 0. The first-order valence-corrected chi connectivity index (χ1v) is 5.37. The van der Waals surface area contributed by atoms with Crippen LogP contribution in [0.15, 0.2) is 24.3 Å². The number of hydrogen-bond acceptors (Lipinski definition) is 3. The van der Waals surface area contributed by atoms with Crippen molar-refractivity contribution in [3.8, 4) is 0 Å². The number of rotatable bonds is 6. The molecule has 0 aliphatic heterocycles. The molecule has 0 radical (unpaired) electrons. The molecule has 3 N–H and O–H groups in total. The Morgan fingerprint density at radius 1 is 1.18 bits per heavy atom. The Balaban J connectivity index is 2.27. The van der Waals surface area contributed by atoms with Crippen molar-refractivity contribution in [2.45, 2.75) is 13.5 Å². The molecular formula is C12H16N2O3. The van der Waals surface area contributed by atoms with Gasteiger partial charge in [-0.2, -0.15) is 0 Å². The van der Waals surface area contributed by atoms with Crippen LogP contribution in [0.2, 0.25) is 0 Å². The summed E-state index contributed by atoms with van der Waals surface area (Å²) in [6, 6.07) is 6.70. The summed E-state index contributed by atoms with van der Waals surface area (Å²) in [5, 5.41) is 14.5. The van der Waals surface area contributed by atoms with Gasteiger partial charge in [-0.3, -0.25) is 4.79 Å². The predicted molar refractivity (Wildman–Crippen MR) is 63.8 cm³/mol. The average Bonchev–Trinajstić information content (AvgIpc) is 2.29. The van der Waals surface area contributed by atoms with Crippen LogP contribution in [0.1, 0.15) is 22.8 Å². The van der Waals surface area contributed by atoms with E-state index >= 15 is 0 Å². The number of carbonyl (C=O) groups is 2. The van der Waals surface area contributed by atoms with Gasteiger partial charge in [-0.15, -0.1) is 0 Å². The standard InChI is InChI=1S/C12H16N2O3/c1-9(15)14-7-6-13-8-10-2-4-11(5-3-10)12(16)17/h2-5,13H,6-8H2,1H3,(H,14,15)(H,16,17). The molecule has 0 saturated carbocycles. The van der Waals surface area contributed by atoms with E-state index in [0.29, 0.717) is 19.6 Å². The summed E-state index contributed by atoms with van der Waals surface area (Å²) in [6.45, 7) is 3.40. The zero-order valence-corrected chi connectivity index (χ0v) is 9.69. The first kappa shape index (κ1) is 13.2. The van der Waals surface area contributed by atoms with Crippen LogP contribution < -0.4 is 10.6 Å². The molecule has 92 valence electrons. The first-order valence-electron chi connectivity index (χ1n) is 5.37. The van der Waals surface area contributed by atoms with Gasteiger partial charge in [-0.25, -0.2) is 4.79 Å². The van der Waals surface area contributed by atoms with Crippen LogP contribution in [0.4, 0.5) is 0 Å². The second kappa shape index (κ2) is 6.65. The minimum Gasteiger partial charge on any atom is -0.478 e. The Hall–Kier alpha value is -1.88. The summed E-state index contributed by atoms with van der Waals surface area (Å²) in [4.78, 5) is 21.2. The van der Waals surface area contributed by atoms with E-state index in [2.05, 4.69) is 10.6 Å². The second-order valence-corrected chi connectivity index (χ2v) is 3.66. The SMILES string of the molecule is CC(=O)NCCNCc1ccc(C(=O)O)cc1. The van der Waals surface area contributed by atoms with E-state index in [-0.39, 0.29) is 11.5 Å². The van der Waals surface area contributed by atoms with Crippen molar-refractivity contribution < 1.29 is 14.7 Å². The number of aromatic carboxylic acids is 1. The molecule has 5 heteroatoms. The highest BCUT2D eigenvalue weighted by Crippen LogP contribution is 2.03. The third-order valence-electron chi connectivity index (χ3n) is 2.21. The van der Waals surface area contributed by atoms with Gasteiger partial charge < -0.3 is 15.7 Å². The van der Waals surface area contributed by atoms with Crippen molar-refractivity contribution in [2.75, 3.05) is 13.1 Å². The Kier molecular flexibility index (Phi) is 5.16. The first-order chi connectivity index (χ1) is 8.09. The molecule has 1 rings (SSSR count). The van der Waals surface area contributed by atoms with Crippen molar-refractivity contribution >= 4 is 11.9 Å². The number of nitrogens with one attached hydrogen (secondary N) is 2. The minimum absolute atomic E-state index is 0.0439.